The molecular weight excluding hydrogens is 301 g/mol. The highest BCUT2D eigenvalue weighted by molar-refractivity contribution is 5.73. The molecule has 0 aliphatic heterocycles. The Kier molecular flexibility index (Phi) is 5.45. The van der Waals surface area contributed by atoms with Gasteiger partial charge >= 0.3 is 12.1 Å². The van der Waals surface area contributed by atoms with Crippen LogP contribution in [-0.4, -0.2) is 24.7 Å². The highest BCUT2D eigenvalue weighted by Gasteiger charge is 2.39. The van der Waals surface area contributed by atoms with E-state index in [2.05, 4.69) is 14.5 Å². The summed E-state index contributed by atoms with van der Waals surface area (Å²) in [5.74, 6) is -1.32. The maximum absolute atomic E-state index is 12.8. The minimum atomic E-state index is -5.05. The summed E-state index contributed by atoms with van der Waals surface area (Å²) in [7, 11) is 1.03. The number of halogens is 5. The molecule has 1 heterocycles. The fourth-order valence-corrected chi connectivity index (χ4v) is 1.62. The van der Waals surface area contributed by atoms with Crippen LogP contribution in [0.3, 0.4) is 0 Å². The Hall–Kier alpha value is -1.93. The molecule has 0 aliphatic rings. The summed E-state index contributed by atoms with van der Waals surface area (Å²) in [5.41, 5.74) is -3.23. The lowest BCUT2D eigenvalue weighted by Gasteiger charge is -2.15. The number of aromatic nitrogens is 1. The van der Waals surface area contributed by atoms with Crippen LogP contribution in [0.1, 0.15) is 30.2 Å². The third kappa shape index (κ3) is 4.27. The molecule has 21 heavy (non-hydrogen) atoms. The van der Waals surface area contributed by atoms with Crippen molar-refractivity contribution in [1.82, 2.24) is 4.98 Å². The molecule has 0 saturated carbocycles. The summed E-state index contributed by atoms with van der Waals surface area (Å²) in [4.78, 5) is 14.4. The molecule has 0 spiro atoms. The van der Waals surface area contributed by atoms with Crippen LogP contribution in [0, 0.1) is 0 Å². The van der Waals surface area contributed by atoms with Crippen molar-refractivity contribution in [1.29, 1.82) is 0 Å². The zero-order valence-corrected chi connectivity index (χ0v) is 11.1. The molecule has 1 rings (SSSR count). The molecule has 4 nitrogen and oxygen atoms in total. The van der Waals surface area contributed by atoms with Crippen LogP contribution in [0.4, 0.5) is 22.0 Å². The Balaban J connectivity index is 3.33. The van der Waals surface area contributed by atoms with E-state index in [1.165, 1.54) is 6.92 Å². The van der Waals surface area contributed by atoms with Crippen LogP contribution in [0.5, 0.6) is 5.88 Å². The first kappa shape index (κ1) is 17.1. The van der Waals surface area contributed by atoms with Gasteiger partial charge in [0.25, 0.3) is 6.43 Å². The van der Waals surface area contributed by atoms with E-state index in [0.717, 1.165) is 7.11 Å². The number of rotatable bonds is 5. The molecular formula is C12H12F5NO3. The second-order valence-corrected chi connectivity index (χ2v) is 3.87. The van der Waals surface area contributed by atoms with Gasteiger partial charge in [-0.15, -0.1) is 0 Å². The minimum absolute atomic E-state index is 0.0525. The lowest BCUT2D eigenvalue weighted by molar-refractivity contribution is -0.143. The molecule has 1 aromatic rings. The van der Waals surface area contributed by atoms with E-state index in [9.17, 15) is 26.7 Å². The molecule has 0 radical (unpaired) electrons. The van der Waals surface area contributed by atoms with Gasteiger partial charge in [0.2, 0.25) is 5.88 Å². The van der Waals surface area contributed by atoms with Gasteiger partial charge in [0.15, 0.2) is 5.69 Å². The van der Waals surface area contributed by atoms with Crippen molar-refractivity contribution in [2.75, 3.05) is 13.7 Å². The highest BCUT2D eigenvalue weighted by atomic mass is 19.4. The van der Waals surface area contributed by atoms with E-state index < -0.39 is 42.1 Å². The maximum Gasteiger partial charge on any atom is 0.433 e. The zero-order valence-electron chi connectivity index (χ0n) is 11.1. The minimum Gasteiger partial charge on any atom is -0.481 e. The van der Waals surface area contributed by atoms with Crippen molar-refractivity contribution < 1.29 is 36.2 Å². The lowest BCUT2D eigenvalue weighted by Crippen LogP contribution is -2.16. The lowest BCUT2D eigenvalue weighted by atomic mass is 10.1. The number of alkyl halides is 5. The maximum atomic E-state index is 12.8. The molecule has 0 bridgehead atoms. The monoisotopic (exact) mass is 313 g/mol. The van der Waals surface area contributed by atoms with Gasteiger partial charge in [-0.1, -0.05) is 0 Å². The van der Waals surface area contributed by atoms with Crippen molar-refractivity contribution in [2.45, 2.75) is 25.9 Å². The molecule has 0 aliphatic carbocycles. The van der Waals surface area contributed by atoms with Crippen LogP contribution >= 0.6 is 0 Å². The summed E-state index contributed by atoms with van der Waals surface area (Å²) in [6.07, 6.45) is -8.95. The molecule has 9 heteroatoms. The van der Waals surface area contributed by atoms with Gasteiger partial charge in [0, 0.05) is 11.1 Å². The van der Waals surface area contributed by atoms with E-state index in [0.29, 0.717) is 6.07 Å². The Bertz CT molecular complexity index is 516. The number of nitrogens with zero attached hydrogens (tertiary/aromatic N) is 1. The highest BCUT2D eigenvalue weighted by Crippen LogP contribution is 2.37. The van der Waals surface area contributed by atoms with E-state index >= 15 is 0 Å². The van der Waals surface area contributed by atoms with Crippen molar-refractivity contribution in [2.24, 2.45) is 0 Å². The topological polar surface area (TPSA) is 48.4 Å². The van der Waals surface area contributed by atoms with Crippen molar-refractivity contribution in [3.05, 3.63) is 22.9 Å². The van der Waals surface area contributed by atoms with Crippen molar-refractivity contribution in [3.63, 3.8) is 0 Å². The van der Waals surface area contributed by atoms with Crippen molar-refractivity contribution >= 4 is 5.97 Å². The van der Waals surface area contributed by atoms with Crippen LogP contribution in [0.25, 0.3) is 0 Å². The average molecular weight is 313 g/mol. The van der Waals surface area contributed by atoms with Crippen LogP contribution in [0.2, 0.25) is 0 Å². The first-order valence-electron chi connectivity index (χ1n) is 5.79. The normalized spacial score (nSPS) is 11.6. The number of hydrogen-bond donors (Lipinski definition) is 0. The third-order valence-corrected chi connectivity index (χ3v) is 2.43. The fraction of sp³-hybridized carbons (Fsp3) is 0.500. The molecule has 0 saturated heterocycles. The molecule has 0 aromatic carbocycles. The van der Waals surface area contributed by atoms with Crippen LogP contribution in [0.15, 0.2) is 6.07 Å². The predicted octanol–water partition coefficient (Wildman–Crippen LogP) is 3.15. The smallest absolute Gasteiger partial charge is 0.433 e. The Morgan fingerprint density at radius 1 is 1.38 bits per heavy atom. The first-order valence-corrected chi connectivity index (χ1v) is 5.79. The van der Waals surface area contributed by atoms with Gasteiger partial charge in [0.05, 0.1) is 20.1 Å². The molecule has 0 fully saturated rings. The third-order valence-electron chi connectivity index (χ3n) is 2.43. The fourth-order valence-electron chi connectivity index (χ4n) is 1.62. The van der Waals surface area contributed by atoms with Gasteiger partial charge in [0.1, 0.15) is 0 Å². The molecule has 0 atom stereocenters. The van der Waals surface area contributed by atoms with E-state index in [1.54, 1.807) is 0 Å². The summed E-state index contributed by atoms with van der Waals surface area (Å²) in [6.45, 7) is 1.58. The summed E-state index contributed by atoms with van der Waals surface area (Å²) < 4.78 is 72.9. The van der Waals surface area contributed by atoms with Crippen molar-refractivity contribution in [3.8, 4) is 5.88 Å². The standard InChI is InChI=1S/C12H12F5NO3/c1-3-21-8(19)5-6-4-7(10(13)14)9(12(15,16)17)18-11(6)20-2/h4,10H,3,5H2,1-2H3. The number of carbonyl (C=O) groups is 1. The first-order chi connectivity index (χ1) is 9.70. The molecule has 1 aromatic heterocycles. The van der Waals surface area contributed by atoms with Gasteiger partial charge in [-0.25, -0.2) is 13.8 Å². The molecule has 0 amide bonds. The molecule has 0 N–H and O–H groups in total. The summed E-state index contributed by atoms with van der Waals surface area (Å²) in [6, 6.07) is 0.566. The Labute approximate surface area is 116 Å². The number of hydrogen-bond acceptors (Lipinski definition) is 4. The van der Waals surface area contributed by atoms with Crippen LogP contribution in [-0.2, 0) is 22.1 Å². The van der Waals surface area contributed by atoms with Gasteiger partial charge < -0.3 is 9.47 Å². The van der Waals surface area contributed by atoms with E-state index in [4.69, 9.17) is 0 Å². The Morgan fingerprint density at radius 2 is 2.00 bits per heavy atom. The Morgan fingerprint density at radius 3 is 2.43 bits per heavy atom. The second-order valence-electron chi connectivity index (χ2n) is 3.87. The summed E-state index contributed by atoms with van der Waals surface area (Å²) >= 11 is 0. The number of esters is 1. The molecule has 0 unspecified atom stereocenters. The number of methoxy groups -OCH3 is 1. The predicted molar refractivity (Wildman–Crippen MR) is 61.1 cm³/mol. The SMILES string of the molecule is CCOC(=O)Cc1cc(C(F)F)c(C(F)(F)F)nc1OC. The average Bonchev–Trinajstić information content (AvgIpc) is 2.37. The number of carbonyl (C=O) groups excluding carboxylic acids is 1. The van der Waals surface area contributed by atoms with Gasteiger partial charge in [-0.3, -0.25) is 4.79 Å². The van der Waals surface area contributed by atoms with E-state index in [-0.39, 0.29) is 12.2 Å². The van der Waals surface area contributed by atoms with Gasteiger partial charge in [-0.05, 0) is 13.0 Å². The number of ether oxygens (including phenoxy) is 2. The summed E-state index contributed by atoms with van der Waals surface area (Å²) in [5, 5.41) is 0. The second kappa shape index (κ2) is 6.68. The quantitative estimate of drug-likeness (QED) is 0.619. The van der Waals surface area contributed by atoms with E-state index in [1.807, 2.05) is 0 Å². The zero-order chi connectivity index (χ0) is 16.2. The number of pyridine rings is 1. The van der Waals surface area contributed by atoms with Gasteiger partial charge in [-0.2, -0.15) is 13.2 Å². The largest absolute Gasteiger partial charge is 0.481 e. The molecule has 118 valence electrons. The van der Waals surface area contributed by atoms with Crippen LogP contribution < -0.4 is 4.74 Å².